The summed E-state index contributed by atoms with van der Waals surface area (Å²) in [7, 11) is 5.58. The van der Waals surface area contributed by atoms with Crippen LogP contribution >= 0.6 is 11.6 Å². The quantitative estimate of drug-likeness (QED) is 0.902. The molecule has 0 saturated heterocycles. The molecule has 5 heteroatoms. The number of amides is 2. The van der Waals surface area contributed by atoms with Crippen molar-refractivity contribution in [2.75, 3.05) is 37.9 Å². The van der Waals surface area contributed by atoms with E-state index in [1.807, 2.05) is 32.0 Å². The van der Waals surface area contributed by atoms with Crippen LogP contribution in [0, 0.1) is 0 Å². The molecule has 0 fully saturated rings. The molecule has 0 unspecified atom stereocenters. The van der Waals surface area contributed by atoms with E-state index in [1.54, 1.807) is 24.1 Å². The van der Waals surface area contributed by atoms with Crippen LogP contribution in [-0.4, -0.2) is 38.6 Å². The fourth-order valence-electron chi connectivity index (χ4n) is 1.35. The first-order valence-corrected chi connectivity index (χ1v) is 5.82. The number of urea groups is 1. The average molecular weight is 256 g/mol. The minimum absolute atomic E-state index is 0.141. The van der Waals surface area contributed by atoms with Gasteiger partial charge in [0.25, 0.3) is 0 Å². The smallest absolute Gasteiger partial charge is 0.321 e. The van der Waals surface area contributed by atoms with Crippen molar-refractivity contribution >= 4 is 29.0 Å². The Labute approximate surface area is 107 Å². The number of hydrogen-bond acceptors (Lipinski definition) is 2. The molecule has 94 valence electrons. The molecule has 4 nitrogen and oxygen atoms in total. The summed E-state index contributed by atoms with van der Waals surface area (Å²) in [6.07, 6.45) is 0. The monoisotopic (exact) mass is 255 g/mol. The zero-order valence-corrected chi connectivity index (χ0v) is 11.4. The summed E-state index contributed by atoms with van der Waals surface area (Å²) in [5.41, 5.74) is 1.64. The predicted molar refractivity (Wildman–Crippen MR) is 73.1 cm³/mol. The maximum Gasteiger partial charge on any atom is 0.321 e. The molecule has 0 aliphatic rings. The van der Waals surface area contributed by atoms with Crippen molar-refractivity contribution in [3.8, 4) is 0 Å². The van der Waals surface area contributed by atoms with E-state index in [4.69, 9.17) is 11.6 Å². The Morgan fingerprint density at radius 1 is 1.35 bits per heavy atom. The molecule has 0 aliphatic carbocycles. The maximum absolute atomic E-state index is 11.8. The summed E-state index contributed by atoms with van der Waals surface area (Å²) in [6, 6.07) is 5.29. The van der Waals surface area contributed by atoms with E-state index in [0.29, 0.717) is 17.3 Å². The Hall–Kier alpha value is -1.42. The van der Waals surface area contributed by atoms with Crippen LogP contribution in [0.2, 0.25) is 5.02 Å². The Bertz CT molecular complexity index is 407. The van der Waals surface area contributed by atoms with Crippen molar-refractivity contribution < 1.29 is 4.79 Å². The second-order valence-electron chi connectivity index (χ2n) is 4.00. The molecule has 1 rings (SSSR count). The number of benzene rings is 1. The lowest BCUT2D eigenvalue weighted by molar-refractivity contribution is 0.224. The minimum atomic E-state index is -0.141. The topological polar surface area (TPSA) is 35.6 Å². The largest absolute Gasteiger partial charge is 0.376 e. The van der Waals surface area contributed by atoms with E-state index in [0.717, 1.165) is 5.69 Å². The molecule has 0 aliphatic heterocycles. The molecule has 0 aromatic heterocycles. The number of halogens is 1. The zero-order valence-electron chi connectivity index (χ0n) is 10.6. The first-order valence-electron chi connectivity index (χ1n) is 5.44. The number of nitrogens with one attached hydrogen (secondary N) is 1. The summed E-state index contributed by atoms with van der Waals surface area (Å²) in [6.45, 7) is 2.58. The molecule has 2 amide bonds. The van der Waals surface area contributed by atoms with Gasteiger partial charge in [0.05, 0.1) is 11.4 Å². The van der Waals surface area contributed by atoms with Gasteiger partial charge in [-0.1, -0.05) is 11.6 Å². The maximum atomic E-state index is 11.8. The van der Waals surface area contributed by atoms with Gasteiger partial charge in [-0.3, -0.25) is 0 Å². The standard InChI is InChI=1S/C12H18ClN3O/c1-5-16(4)12(17)14-10-8-9(13)6-7-11(10)15(2)3/h6-8H,5H2,1-4H3,(H,14,17). The molecule has 0 spiro atoms. The zero-order chi connectivity index (χ0) is 13.0. The van der Waals surface area contributed by atoms with Crippen LogP contribution < -0.4 is 10.2 Å². The Morgan fingerprint density at radius 2 is 2.00 bits per heavy atom. The van der Waals surface area contributed by atoms with E-state index >= 15 is 0 Å². The Kier molecular flexibility index (Phi) is 4.63. The first kappa shape index (κ1) is 13.6. The lowest BCUT2D eigenvalue weighted by Gasteiger charge is -2.21. The SMILES string of the molecule is CCN(C)C(=O)Nc1cc(Cl)ccc1N(C)C. The van der Waals surface area contributed by atoms with Gasteiger partial charge in [-0.25, -0.2) is 4.79 Å². The molecule has 1 aromatic carbocycles. The summed E-state index contributed by atoms with van der Waals surface area (Å²) in [5.74, 6) is 0. The summed E-state index contributed by atoms with van der Waals surface area (Å²) in [5, 5.41) is 3.45. The van der Waals surface area contributed by atoms with E-state index in [9.17, 15) is 4.79 Å². The van der Waals surface area contributed by atoms with Gasteiger partial charge in [-0.2, -0.15) is 0 Å². The lowest BCUT2D eigenvalue weighted by atomic mass is 10.2. The van der Waals surface area contributed by atoms with Crippen LogP contribution in [0.15, 0.2) is 18.2 Å². The van der Waals surface area contributed by atoms with Gasteiger partial charge in [0.1, 0.15) is 0 Å². The van der Waals surface area contributed by atoms with E-state index in [1.165, 1.54) is 0 Å². The van der Waals surface area contributed by atoms with Crippen LogP contribution in [0.5, 0.6) is 0 Å². The van der Waals surface area contributed by atoms with Gasteiger partial charge in [-0.05, 0) is 25.1 Å². The van der Waals surface area contributed by atoms with Gasteiger partial charge in [0.2, 0.25) is 0 Å². The molecule has 1 aromatic rings. The first-order chi connectivity index (χ1) is 7.95. The van der Waals surface area contributed by atoms with Gasteiger partial charge < -0.3 is 15.1 Å². The molecular weight excluding hydrogens is 238 g/mol. The fourth-order valence-corrected chi connectivity index (χ4v) is 1.52. The molecule has 1 N–H and O–H groups in total. The van der Waals surface area contributed by atoms with Gasteiger partial charge in [-0.15, -0.1) is 0 Å². The highest BCUT2D eigenvalue weighted by atomic mass is 35.5. The minimum Gasteiger partial charge on any atom is -0.376 e. The molecule has 17 heavy (non-hydrogen) atoms. The van der Waals surface area contributed by atoms with Crippen LogP contribution in [0.1, 0.15) is 6.92 Å². The predicted octanol–water partition coefficient (Wildman–Crippen LogP) is 2.89. The number of carbonyl (C=O) groups excluding carboxylic acids is 1. The number of carbonyl (C=O) groups is 1. The highest BCUT2D eigenvalue weighted by Gasteiger charge is 2.11. The molecule has 0 saturated carbocycles. The second-order valence-corrected chi connectivity index (χ2v) is 4.44. The van der Waals surface area contributed by atoms with Crippen molar-refractivity contribution in [1.29, 1.82) is 0 Å². The Morgan fingerprint density at radius 3 is 2.53 bits per heavy atom. The Balaban J connectivity index is 2.96. The van der Waals surface area contributed by atoms with Gasteiger partial charge >= 0.3 is 6.03 Å². The van der Waals surface area contributed by atoms with Crippen LogP contribution in [0.4, 0.5) is 16.2 Å². The van der Waals surface area contributed by atoms with E-state index < -0.39 is 0 Å². The third kappa shape index (κ3) is 3.53. The third-order valence-corrected chi connectivity index (χ3v) is 2.74. The van der Waals surface area contributed by atoms with Crippen LogP contribution in [0.3, 0.4) is 0 Å². The second kappa shape index (κ2) is 5.77. The van der Waals surface area contributed by atoms with Crippen molar-refractivity contribution in [1.82, 2.24) is 4.90 Å². The molecule has 0 radical (unpaired) electrons. The molecule has 0 bridgehead atoms. The van der Waals surface area contributed by atoms with Gasteiger partial charge in [0.15, 0.2) is 0 Å². The highest BCUT2D eigenvalue weighted by molar-refractivity contribution is 6.31. The number of rotatable bonds is 3. The van der Waals surface area contributed by atoms with Crippen molar-refractivity contribution in [3.05, 3.63) is 23.2 Å². The summed E-state index contributed by atoms with van der Waals surface area (Å²) >= 11 is 5.93. The molecular formula is C12H18ClN3O. The third-order valence-electron chi connectivity index (χ3n) is 2.50. The van der Waals surface area contributed by atoms with Crippen LogP contribution in [0.25, 0.3) is 0 Å². The van der Waals surface area contributed by atoms with Crippen LogP contribution in [-0.2, 0) is 0 Å². The van der Waals surface area contributed by atoms with E-state index in [-0.39, 0.29) is 6.03 Å². The van der Waals surface area contributed by atoms with Crippen molar-refractivity contribution in [2.45, 2.75) is 6.92 Å². The van der Waals surface area contributed by atoms with Gasteiger partial charge in [0, 0.05) is 32.7 Å². The van der Waals surface area contributed by atoms with Crippen molar-refractivity contribution in [3.63, 3.8) is 0 Å². The normalized spacial score (nSPS) is 9.94. The average Bonchev–Trinajstić information content (AvgIpc) is 2.27. The number of nitrogens with zero attached hydrogens (tertiary/aromatic N) is 2. The number of hydrogen-bond donors (Lipinski definition) is 1. The lowest BCUT2D eigenvalue weighted by Crippen LogP contribution is -2.31. The fraction of sp³-hybridized carbons (Fsp3) is 0.417. The summed E-state index contributed by atoms with van der Waals surface area (Å²) < 4.78 is 0. The molecule has 0 heterocycles. The molecule has 0 atom stereocenters. The van der Waals surface area contributed by atoms with E-state index in [2.05, 4.69) is 5.32 Å². The van der Waals surface area contributed by atoms with Crippen molar-refractivity contribution in [2.24, 2.45) is 0 Å². The number of anilines is 2. The summed E-state index contributed by atoms with van der Waals surface area (Å²) in [4.78, 5) is 15.3. The highest BCUT2D eigenvalue weighted by Crippen LogP contribution is 2.27.